The third kappa shape index (κ3) is 7.24. The zero-order valence-corrected chi connectivity index (χ0v) is 18.6. The number of carbonyl (C=O) groups excluding carboxylic acids is 3. The third-order valence-corrected chi connectivity index (χ3v) is 4.15. The lowest BCUT2D eigenvalue weighted by Gasteiger charge is -2.40. The highest BCUT2D eigenvalue weighted by molar-refractivity contribution is 5.83. The van der Waals surface area contributed by atoms with Gasteiger partial charge >= 0.3 is 18.2 Å². The maximum absolute atomic E-state index is 12.8. The number of benzene rings is 1. The number of ether oxygens (including phenoxy) is 3. The van der Waals surface area contributed by atoms with Gasteiger partial charge in [0.15, 0.2) is 6.04 Å². The van der Waals surface area contributed by atoms with E-state index in [9.17, 15) is 14.4 Å². The van der Waals surface area contributed by atoms with Gasteiger partial charge in [0, 0.05) is 13.1 Å². The summed E-state index contributed by atoms with van der Waals surface area (Å²) in [4.78, 5) is 40.7. The molecule has 2 rings (SSSR count). The fourth-order valence-electron chi connectivity index (χ4n) is 2.87. The van der Waals surface area contributed by atoms with Crippen LogP contribution in [-0.4, -0.2) is 64.8 Å². The molecule has 8 nitrogen and oxygen atoms in total. The Morgan fingerprint density at radius 2 is 1.50 bits per heavy atom. The minimum Gasteiger partial charge on any atom is -0.458 e. The van der Waals surface area contributed by atoms with Gasteiger partial charge < -0.3 is 19.1 Å². The van der Waals surface area contributed by atoms with Crippen LogP contribution in [0.5, 0.6) is 0 Å². The Morgan fingerprint density at radius 1 is 0.900 bits per heavy atom. The summed E-state index contributed by atoms with van der Waals surface area (Å²) in [6.07, 6.45) is -1.16. The molecule has 2 amide bonds. The summed E-state index contributed by atoms with van der Waals surface area (Å²) < 4.78 is 16.3. The third-order valence-electron chi connectivity index (χ3n) is 4.15. The van der Waals surface area contributed by atoms with Crippen LogP contribution in [0.4, 0.5) is 9.59 Å². The summed E-state index contributed by atoms with van der Waals surface area (Å²) in [6, 6.07) is 8.35. The lowest BCUT2D eigenvalue weighted by Crippen LogP contribution is -2.61. The van der Waals surface area contributed by atoms with Crippen LogP contribution in [0.3, 0.4) is 0 Å². The van der Waals surface area contributed by atoms with E-state index in [-0.39, 0.29) is 26.2 Å². The van der Waals surface area contributed by atoms with Crippen LogP contribution in [0, 0.1) is 0 Å². The molecule has 0 unspecified atom stereocenters. The first kappa shape index (κ1) is 23.5. The zero-order chi connectivity index (χ0) is 22.5. The largest absolute Gasteiger partial charge is 0.458 e. The Kier molecular flexibility index (Phi) is 7.34. The fourth-order valence-corrected chi connectivity index (χ4v) is 2.87. The highest BCUT2D eigenvalue weighted by Crippen LogP contribution is 2.20. The van der Waals surface area contributed by atoms with Crippen molar-refractivity contribution in [3.05, 3.63) is 35.9 Å². The standard InChI is InChI=1S/C22H32N2O6/c1-21(2,3)29-18(25)17-14-23(12-13-24(17)20(27)30-22(4,5)6)19(26)28-15-16-10-8-7-9-11-16/h7-11,17H,12-15H2,1-6H3/t17-/m0/s1. The van der Waals surface area contributed by atoms with Crippen molar-refractivity contribution >= 4 is 18.2 Å². The summed E-state index contributed by atoms with van der Waals surface area (Å²) in [7, 11) is 0. The molecule has 0 radical (unpaired) electrons. The number of esters is 1. The second kappa shape index (κ2) is 9.36. The van der Waals surface area contributed by atoms with E-state index in [1.165, 1.54) is 9.80 Å². The number of carbonyl (C=O) groups is 3. The number of hydrogen-bond donors (Lipinski definition) is 0. The van der Waals surface area contributed by atoms with Crippen molar-refractivity contribution in [2.45, 2.75) is 65.4 Å². The molecule has 1 fully saturated rings. The van der Waals surface area contributed by atoms with Crippen molar-refractivity contribution in [3.8, 4) is 0 Å². The Balaban J connectivity index is 2.09. The van der Waals surface area contributed by atoms with Crippen LogP contribution in [0.1, 0.15) is 47.1 Å². The summed E-state index contributed by atoms with van der Waals surface area (Å²) in [5.74, 6) is -0.589. The van der Waals surface area contributed by atoms with Gasteiger partial charge in [0.25, 0.3) is 0 Å². The highest BCUT2D eigenvalue weighted by Gasteiger charge is 2.41. The number of hydrogen-bond acceptors (Lipinski definition) is 6. The van der Waals surface area contributed by atoms with Gasteiger partial charge in [0.2, 0.25) is 0 Å². The molecule has 1 aliphatic heterocycles. The van der Waals surface area contributed by atoms with Gasteiger partial charge in [-0.3, -0.25) is 4.90 Å². The number of nitrogens with zero attached hydrogens (tertiary/aromatic N) is 2. The first-order valence-corrected chi connectivity index (χ1v) is 10.0. The van der Waals surface area contributed by atoms with Crippen molar-refractivity contribution in [1.82, 2.24) is 9.80 Å². The molecule has 0 spiro atoms. The van der Waals surface area contributed by atoms with Gasteiger partial charge in [0.1, 0.15) is 17.8 Å². The van der Waals surface area contributed by atoms with E-state index in [0.717, 1.165) is 5.56 Å². The first-order chi connectivity index (χ1) is 13.9. The maximum Gasteiger partial charge on any atom is 0.411 e. The van der Waals surface area contributed by atoms with Crippen LogP contribution in [0.2, 0.25) is 0 Å². The van der Waals surface area contributed by atoms with Gasteiger partial charge in [-0.15, -0.1) is 0 Å². The Labute approximate surface area is 178 Å². The Morgan fingerprint density at radius 3 is 2.07 bits per heavy atom. The maximum atomic E-state index is 12.8. The van der Waals surface area contributed by atoms with E-state index in [0.29, 0.717) is 0 Å². The summed E-state index contributed by atoms with van der Waals surface area (Å²) in [6.45, 7) is 11.0. The van der Waals surface area contributed by atoms with Gasteiger partial charge in [0.05, 0.1) is 6.54 Å². The van der Waals surface area contributed by atoms with Crippen LogP contribution in [0.15, 0.2) is 30.3 Å². The molecule has 0 aliphatic carbocycles. The smallest absolute Gasteiger partial charge is 0.411 e. The summed E-state index contributed by atoms with van der Waals surface area (Å²) in [5, 5.41) is 0. The minimum absolute atomic E-state index is 0.0260. The second-order valence-corrected chi connectivity index (χ2v) is 9.21. The van der Waals surface area contributed by atoms with Gasteiger partial charge in [-0.2, -0.15) is 0 Å². The molecular weight excluding hydrogens is 388 g/mol. The molecule has 1 heterocycles. The highest BCUT2D eigenvalue weighted by atomic mass is 16.6. The van der Waals surface area contributed by atoms with E-state index in [1.807, 2.05) is 30.3 Å². The van der Waals surface area contributed by atoms with Crippen LogP contribution in [0.25, 0.3) is 0 Å². The monoisotopic (exact) mass is 420 g/mol. The molecule has 1 saturated heterocycles. The predicted molar refractivity (Wildman–Crippen MR) is 111 cm³/mol. The van der Waals surface area contributed by atoms with Gasteiger partial charge in [-0.1, -0.05) is 30.3 Å². The molecule has 1 atom stereocenters. The normalized spacial score (nSPS) is 17.3. The number of amides is 2. The molecule has 0 saturated carbocycles. The first-order valence-electron chi connectivity index (χ1n) is 10.0. The topological polar surface area (TPSA) is 85.4 Å². The molecule has 8 heteroatoms. The average Bonchev–Trinajstić information content (AvgIpc) is 2.63. The predicted octanol–water partition coefficient (Wildman–Crippen LogP) is 3.59. The molecular formula is C22H32N2O6. The van der Waals surface area contributed by atoms with Crippen molar-refractivity contribution in [2.24, 2.45) is 0 Å². The molecule has 166 valence electrons. The van der Waals surface area contributed by atoms with E-state index in [4.69, 9.17) is 14.2 Å². The van der Waals surface area contributed by atoms with Crippen molar-refractivity contribution in [1.29, 1.82) is 0 Å². The summed E-state index contributed by atoms with van der Waals surface area (Å²) >= 11 is 0. The van der Waals surface area contributed by atoms with Crippen LogP contribution in [-0.2, 0) is 25.6 Å². The van der Waals surface area contributed by atoms with E-state index in [1.54, 1.807) is 41.5 Å². The molecule has 0 bridgehead atoms. The second-order valence-electron chi connectivity index (χ2n) is 9.21. The summed E-state index contributed by atoms with van der Waals surface area (Å²) in [5.41, 5.74) is -0.574. The molecule has 1 aliphatic rings. The van der Waals surface area contributed by atoms with Crippen LogP contribution < -0.4 is 0 Å². The van der Waals surface area contributed by atoms with Crippen molar-refractivity contribution in [3.63, 3.8) is 0 Å². The molecule has 0 aromatic heterocycles. The van der Waals surface area contributed by atoms with E-state index in [2.05, 4.69) is 0 Å². The Hall–Kier alpha value is -2.77. The zero-order valence-electron chi connectivity index (χ0n) is 18.6. The molecule has 1 aromatic rings. The molecule has 30 heavy (non-hydrogen) atoms. The lowest BCUT2D eigenvalue weighted by atomic mass is 10.1. The minimum atomic E-state index is -0.975. The van der Waals surface area contributed by atoms with Crippen LogP contribution >= 0.6 is 0 Å². The SMILES string of the molecule is CC(C)(C)OC(=O)[C@@H]1CN(C(=O)OCc2ccccc2)CCN1C(=O)OC(C)(C)C. The number of piperazine rings is 1. The molecule has 0 N–H and O–H groups in total. The van der Waals surface area contributed by atoms with Gasteiger partial charge in [-0.25, -0.2) is 14.4 Å². The average molecular weight is 421 g/mol. The van der Waals surface area contributed by atoms with Crippen molar-refractivity contribution < 1.29 is 28.6 Å². The molecule has 1 aromatic carbocycles. The quantitative estimate of drug-likeness (QED) is 0.549. The van der Waals surface area contributed by atoms with Crippen molar-refractivity contribution in [2.75, 3.05) is 19.6 Å². The fraction of sp³-hybridized carbons (Fsp3) is 0.591. The number of rotatable bonds is 3. The Bertz CT molecular complexity index is 751. The van der Waals surface area contributed by atoms with E-state index < -0.39 is 35.4 Å². The van der Waals surface area contributed by atoms with Gasteiger partial charge in [-0.05, 0) is 47.1 Å². The van der Waals surface area contributed by atoms with E-state index >= 15 is 0 Å². The lowest BCUT2D eigenvalue weighted by molar-refractivity contribution is -0.163.